The van der Waals surface area contributed by atoms with E-state index in [-0.39, 0.29) is 10.8 Å². The molecule has 0 aromatic heterocycles. The van der Waals surface area contributed by atoms with Crippen molar-refractivity contribution >= 4 is 17.3 Å². The van der Waals surface area contributed by atoms with Gasteiger partial charge in [0.1, 0.15) is 5.82 Å². The van der Waals surface area contributed by atoms with E-state index >= 15 is 0 Å². The fraction of sp³-hybridized carbons (Fsp3) is 0.538. The van der Waals surface area contributed by atoms with Crippen molar-refractivity contribution in [1.82, 2.24) is 5.32 Å². The zero-order valence-electron chi connectivity index (χ0n) is 10.2. The maximum Gasteiger partial charge on any atom is 0.143 e. The molecule has 1 aliphatic heterocycles. The number of rotatable bonds is 2. The highest BCUT2D eigenvalue weighted by molar-refractivity contribution is 6.30. The van der Waals surface area contributed by atoms with E-state index < -0.39 is 0 Å². The minimum absolute atomic E-state index is 0.185. The van der Waals surface area contributed by atoms with Gasteiger partial charge in [-0.1, -0.05) is 25.4 Å². The van der Waals surface area contributed by atoms with E-state index in [0.29, 0.717) is 12.0 Å². The zero-order chi connectivity index (χ0) is 12.4. The summed E-state index contributed by atoms with van der Waals surface area (Å²) in [7, 11) is 0. The molecule has 0 spiro atoms. The number of nitrogens with one attached hydrogen (secondary N) is 1. The minimum Gasteiger partial charge on any atom is -0.369 e. The molecule has 0 saturated carbocycles. The predicted molar refractivity (Wildman–Crippen MR) is 70.3 cm³/mol. The number of anilines is 1. The molecule has 1 saturated heterocycles. The highest BCUT2D eigenvalue weighted by Crippen LogP contribution is 2.23. The summed E-state index contributed by atoms with van der Waals surface area (Å²) < 4.78 is 13.4. The van der Waals surface area contributed by atoms with E-state index in [1.165, 1.54) is 6.07 Å². The standard InChI is InChI=1S/C13H18ClFN2/c1-9(2)13-8-17(6-5-16-13)10-3-4-11(14)12(15)7-10/h3-4,7,9,13,16H,5-6,8H2,1-2H3. The molecule has 17 heavy (non-hydrogen) atoms. The van der Waals surface area contributed by atoms with Crippen molar-refractivity contribution in [3.8, 4) is 0 Å². The normalized spacial score (nSPS) is 21.0. The van der Waals surface area contributed by atoms with E-state index in [0.717, 1.165) is 25.3 Å². The third-order valence-electron chi connectivity index (χ3n) is 3.28. The summed E-state index contributed by atoms with van der Waals surface area (Å²) in [6.07, 6.45) is 0. The molecule has 1 heterocycles. The molecular formula is C13H18ClFN2. The first-order valence-electron chi connectivity index (χ1n) is 6.01. The first kappa shape index (κ1) is 12.7. The Morgan fingerprint density at radius 2 is 2.24 bits per heavy atom. The summed E-state index contributed by atoms with van der Waals surface area (Å²) in [4.78, 5) is 2.21. The molecule has 0 amide bonds. The molecule has 4 heteroatoms. The highest BCUT2D eigenvalue weighted by atomic mass is 35.5. The number of halogens is 2. The second-order valence-corrected chi connectivity index (χ2v) is 5.26. The highest BCUT2D eigenvalue weighted by Gasteiger charge is 2.22. The van der Waals surface area contributed by atoms with Gasteiger partial charge in [-0.15, -0.1) is 0 Å². The van der Waals surface area contributed by atoms with Crippen LogP contribution in [-0.2, 0) is 0 Å². The van der Waals surface area contributed by atoms with Crippen LogP contribution in [0.1, 0.15) is 13.8 Å². The van der Waals surface area contributed by atoms with E-state index in [9.17, 15) is 4.39 Å². The average Bonchev–Trinajstić information content (AvgIpc) is 2.33. The third-order valence-corrected chi connectivity index (χ3v) is 3.58. The Bertz CT molecular complexity index is 395. The van der Waals surface area contributed by atoms with Gasteiger partial charge in [-0.25, -0.2) is 4.39 Å². The summed E-state index contributed by atoms with van der Waals surface area (Å²) >= 11 is 5.69. The van der Waals surface area contributed by atoms with Gasteiger partial charge in [0.25, 0.3) is 0 Å². The van der Waals surface area contributed by atoms with Crippen LogP contribution in [0.5, 0.6) is 0 Å². The van der Waals surface area contributed by atoms with Crippen LogP contribution >= 0.6 is 11.6 Å². The van der Waals surface area contributed by atoms with Gasteiger partial charge in [-0.3, -0.25) is 0 Å². The minimum atomic E-state index is -0.344. The van der Waals surface area contributed by atoms with Crippen molar-refractivity contribution in [3.05, 3.63) is 29.0 Å². The Morgan fingerprint density at radius 1 is 1.47 bits per heavy atom. The molecule has 2 rings (SSSR count). The first-order valence-corrected chi connectivity index (χ1v) is 6.39. The van der Waals surface area contributed by atoms with Gasteiger partial charge >= 0.3 is 0 Å². The van der Waals surface area contributed by atoms with Gasteiger partial charge in [0.15, 0.2) is 0 Å². The van der Waals surface area contributed by atoms with Crippen LogP contribution in [0.25, 0.3) is 0 Å². The summed E-state index contributed by atoms with van der Waals surface area (Å²) in [5, 5.41) is 3.67. The third kappa shape index (κ3) is 2.90. The van der Waals surface area contributed by atoms with Crippen LogP contribution in [0.2, 0.25) is 5.02 Å². The Balaban J connectivity index is 2.13. The lowest BCUT2D eigenvalue weighted by atomic mass is 10.0. The monoisotopic (exact) mass is 256 g/mol. The SMILES string of the molecule is CC(C)C1CN(c2ccc(Cl)c(F)c2)CCN1. The first-order chi connectivity index (χ1) is 8.08. The Morgan fingerprint density at radius 3 is 2.88 bits per heavy atom. The predicted octanol–water partition coefficient (Wildman–Crippen LogP) is 2.91. The smallest absolute Gasteiger partial charge is 0.143 e. The molecular weight excluding hydrogens is 239 g/mol. The molecule has 94 valence electrons. The summed E-state index contributed by atoms with van der Waals surface area (Å²) in [5.74, 6) is 0.235. The van der Waals surface area contributed by atoms with Crippen LogP contribution in [0.4, 0.5) is 10.1 Å². The van der Waals surface area contributed by atoms with Gasteiger partial charge in [-0.2, -0.15) is 0 Å². The maximum absolute atomic E-state index is 13.4. The van der Waals surface area contributed by atoms with Gasteiger partial charge in [0.05, 0.1) is 5.02 Å². The maximum atomic E-state index is 13.4. The van der Waals surface area contributed by atoms with Crippen molar-refractivity contribution < 1.29 is 4.39 Å². The number of piperazine rings is 1. The van der Waals surface area contributed by atoms with Gasteiger partial charge in [-0.05, 0) is 24.1 Å². The van der Waals surface area contributed by atoms with Crippen molar-refractivity contribution in [2.75, 3.05) is 24.5 Å². The molecule has 1 N–H and O–H groups in total. The molecule has 1 unspecified atom stereocenters. The second-order valence-electron chi connectivity index (χ2n) is 4.85. The zero-order valence-corrected chi connectivity index (χ0v) is 11.0. The summed E-state index contributed by atoms with van der Waals surface area (Å²) in [6.45, 7) is 7.16. The number of hydrogen-bond acceptors (Lipinski definition) is 2. The average molecular weight is 257 g/mol. The summed E-state index contributed by atoms with van der Waals surface area (Å²) in [6, 6.07) is 5.49. The number of nitrogens with zero attached hydrogens (tertiary/aromatic N) is 1. The number of benzene rings is 1. The molecule has 1 aromatic rings. The van der Waals surface area contributed by atoms with Crippen molar-refractivity contribution in [3.63, 3.8) is 0 Å². The Labute approximate surface area is 107 Å². The molecule has 0 bridgehead atoms. The van der Waals surface area contributed by atoms with E-state index in [2.05, 4.69) is 24.1 Å². The Hall–Kier alpha value is -0.800. The Kier molecular flexibility index (Phi) is 3.89. The van der Waals surface area contributed by atoms with Crippen LogP contribution in [0, 0.1) is 11.7 Å². The lowest BCUT2D eigenvalue weighted by Crippen LogP contribution is -2.53. The van der Waals surface area contributed by atoms with Crippen LogP contribution in [-0.4, -0.2) is 25.7 Å². The van der Waals surface area contributed by atoms with Gasteiger partial charge in [0.2, 0.25) is 0 Å². The fourth-order valence-corrected chi connectivity index (χ4v) is 2.26. The lowest BCUT2D eigenvalue weighted by molar-refractivity contribution is 0.368. The van der Waals surface area contributed by atoms with Gasteiger partial charge in [0, 0.05) is 31.4 Å². The van der Waals surface area contributed by atoms with Crippen LogP contribution in [0.15, 0.2) is 18.2 Å². The quantitative estimate of drug-likeness (QED) is 0.875. The molecule has 1 aliphatic rings. The van der Waals surface area contributed by atoms with Gasteiger partial charge < -0.3 is 10.2 Å². The topological polar surface area (TPSA) is 15.3 Å². The van der Waals surface area contributed by atoms with E-state index in [4.69, 9.17) is 11.6 Å². The lowest BCUT2D eigenvalue weighted by Gasteiger charge is -2.37. The molecule has 0 aliphatic carbocycles. The van der Waals surface area contributed by atoms with E-state index in [1.54, 1.807) is 6.07 Å². The molecule has 1 fully saturated rings. The molecule has 0 radical (unpaired) electrons. The largest absolute Gasteiger partial charge is 0.369 e. The van der Waals surface area contributed by atoms with Crippen LogP contribution in [0.3, 0.4) is 0 Å². The van der Waals surface area contributed by atoms with Crippen molar-refractivity contribution in [1.29, 1.82) is 0 Å². The summed E-state index contributed by atoms with van der Waals surface area (Å²) in [5.41, 5.74) is 0.916. The van der Waals surface area contributed by atoms with Crippen molar-refractivity contribution in [2.24, 2.45) is 5.92 Å². The molecule has 1 atom stereocenters. The number of hydrogen-bond donors (Lipinski definition) is 1. The molecule has 2 nitrogen and oxygen atoms in total. The molecule has 1 aromatic carbocycles. The fourth-order valence-electron chi connectivity index (χ4n) is 2.14. The van der Waals surface area contributed by atoms with E-state index in [1.807, 2.05) is 6.07 Å². The van der Waals surface area contributed by atoms with Crippen LogP contribution < -0.4 is 10.2 Å². The van der Waals surface area contributed by atoms with Crippen molar-refractivity contribution in [2.45, 2.75) is 19.9 Å². The second kappa shape index (κ2) is 5.23.